The van der Waals surface area contributed by atoms with Gasteiger partial charge in [-0.3, -0.25) is 0 Å². The summed E-state index contributed by atoms with van der Waals surface area (Å²) in [5, 5.41) is 11.8. The number of carbonyl (C=O) groups is 1. The van der Waals surface area contributed by atoms with E-state index in [1.54, 1.807) is 6.07 Å². The molecule has 0 aromatic heterocycles. The van der Waals surface area contributed by atoms with Crippen molar-refractivity contribution in [1.29, 1.82) is 0 Å². The van der Waals surface area contributed by atoms with Crippen LogP contribution in [0.3, 0.4) is 0 Å². The molecular weight excluding hydrogens is 332 g/mol. The van der Waals surface area contributed by atoms with Crippen molar-refractivity contribution < 1.29 is 18.7 Å². The molecule has 0 aliphatic heterocycles. The van der Waals surface area contributed by atoms with Gasteiger partial charge in [0.2, 0.25) is 0 Å². The first-order valence-corrected chi connectivity index (χ1v) is 6.47. The van der Waals surface area contributed by atoms with Crippen LogP contribution in [0.4, 0.5) is 14.5 Å². The predicted molar refractivity (Wildman–Crippen MR) is 74.8 cm³/mol. The van der Waals surface area contributed by atoms with E-state index in [-0.39, 0.29) is 12.1 Å². The maximum Gasteiger partial charge on any atom is 0.335 e. The number of carboxylic acids is 1. The Morgan fingerprint density at radius 2 is 1.95 bits per heavy atom. The number of rotatable bonds is 4. The van der Waals surface area contributed by atoms with Crippen LogP contribution >= 0.6 is 15.9 Å². The second-order valence-corrected chi connectivity index (χ2v) is 4.94. The maximum atomic E-state index is 13.5. The highest BCUT2D eigenvalue weighted by molar-refractivity contribution is 9.10. The van der Waals surface area contributed by atoms with Crippen LogP contribution in [0.25, 0.3) is 0 Å². The minimum atomic E-state index is -1.03. The average molecular weight is 342 g/mol. The summed E-state index contributed by atoms with van der Waals surface area (Å²) in [6.07, 6.45) is 0. The van der Waals surface area contributed by atoms with E-state index in [0.717, 1.165) is 6.07 Å². The Hall–Kier alpha value is -1.95. The number of nitrogens with one attached hydrogen (secondary N) is 1. The topological polar surface area (TPSA) is 49.3 Å². The van der Waals surface area contributed by atoms with Gasteiger partial charge in [0.05, 0.1) is 5.56 Å². The number of carboxylic acid groups (broad SMARTS) is 1. The molecular formula is C14H10BrF2NO2. The van der Waals surface area contributed by atoms with Gasteiger partial charge in [-0.05, 0) is 40.2 Å². The second-order valence-electron chi connectivity index (χ2n) is 4.09. The van der Waals surface area contributed by atoms with Crippen LogP contribution in [0.5, 0.6) is 0 Å². The summed E-state index contributed by atoms with van der Waals surface area (Å²) >= 11 is 3.24. The van der Waals surface area contributed by atoms with Gasteiger partial charge in [0, 0.05) is 28.3 Å². The van der Waals surface area contributed by atoms with E-state index in [4.69, 9.17) is 5.11 Å². The molecule has 0 amide bonds. The fourth-order valence-corrected chi connectivity index (χ4v) is 2.17. The first-order valence-electron chi connectivity index (χ1n) is 5.68. The van der Waals surface area contributed by atoms with Crippen molar-refractivity contribution in [1.82, 2.24) is 0 Å². The molecule has 2 rings (SSSR count). The van der Waals surface area contributed by atoms with Gasteiger partial charge in [-0.2, -0.15) is 0 Å². The Morgan fingerprint density at radius 3 is 2.55 bits per heavy atom. The molecule has 0 radical (unpaired) electrons. The highest BCUT2D eigenvalue weighted by atomic mass is 79.9. The zero-order valence-electron chi connectivity index (χ0n) is 10.2. The number of anilines is 1. The van der Waals surface area contributed by atoms with Crippen molar-refractivity contribution in [2.75, 3.05) is 5.32 Å². The van der Waals surface area contributed by atoms with Crippen molar-refractivity contribution in [2.24, 2.45) is 0 Å². The molecule has 0 unspecified atom stereocenters. The van der Waals surface area contributed by atoms with Crippen LogP contribution in [0.2, 0.25) is 0 Å². The van der Waals surface area contributed by atoms with Gasteiger partial charge >= 0.3 is 5.97 Å². The number of aromatic carboxylic acids is 1. The molecule has 0 heterocycles. The van der Waals surface area contributed by atoms with E-state index in [0.29, 0.717) is 15.7 Å². The summed E-state index contributed by atoms with van der Waals surface area (Å²) in [4.78, 5) is 10.8. The molecule has 0 fully saturated rings. The molecule has 0 bridgehead atoms. The molecule has 0 aliphatic carbocycles. The van der Waals surface area contributed by atoms with Crippen LogP contribution < -0.4 is 5.32 Å². The van der Waals surface area contributed by atoms with Crippen LogP contribution in [0.15, 0.2) is 40.9 Å². The highest BCUT2D eigenvalue weighted by Gasteiger charge is 2.08. The molecule has 2 aromatic rings. The van der Waals surface area contributed by atoms with Gasteiger partial charge in [-0.25, -0.2) is 13.6 Å². The minimum Gasteiger partial charge on any atom is -0.478 e. The van der Waals surface area contributed by atoms with Crippen molar-refractivity contribution in [2.45, 2.75) is 6.54 Å². The van der Waals surface area contributed by atoms with Crippen molar-refractivity contribution in [3.05, 3.63) is 63.6 Å². The Balaban J connectivity index is 2.13. The van der Waals surface area contributed by atoms with E-state index in [1.807, 2.05) is 0 Å². The lowest BCUT2D eigenvalue weighted by Gasteiger charge is -2.10. The Morgan fingerprint density at radius 1 is 1.20 bits per heavy atom. The number of benzene rings is 2. The third kappa shape index (κ3) is 3.33. The lowest BCUT2D eigenvalue weighted by molar-refractivity contribution is 0.0697. The maximum absolute atomic E-state index is 13.5. The van der Waals surface area contributed by atoms with Crippen LogP contribution in [0, 0.1) is 11.6 Å². The van der Waals surface area contributed by atoms with E-state index < -0.39 is 17.6 Å². The first kappa shape index (κ1) is 14.5. The minimum absolute atomic E-state index is 0.149. The predicted octanol–water partition coefficient (Wildman–Crippen LogP) is 4.04. The molecule has 3 nitrogen and oxygen atoms in total. The van der Waals surface area contributed by atoms with E-state index in [2.05, 4.69) is 21.2 Å². The summed E-state index contributed by atoms with van der Waals surface area (Å²) in [7, 11) is 0. The Kier molecular flexibility index (Phi) is 4.34. The summed E-state index contributed by atoms with van der Waals surface area (Å²) < 4.78 is 26.8. The molecule has 0 aliphatic rings. The third-order valence-electron chi connectivity index (χ3n) is 2.70. The van der Waals surface area contributed by atoms with E-state index in [1.165, 1.54) is 24.3 Å². The molecule has 6 heteroatoms. The Labute approximate surface area is 122 Å². The van der Waals surface area contributed by atoms with Gasteiger partial charge in [0.15, 0.2) is 0 Å². The normalized spacial score (nSPS) is 10.3. The van der Waals surface area contributed by atoms with Crippen LogP contribution in [-0.4, -0.2) is 11.1 Å². The monoisotopic (exact) mass is 341 g/mol. The molecule has 104 valence electrons. The summed E-state index contributed by atoms with van der Waals surface area (Å²) in [6.45, 7) is 0.164. The summed E-state index contributed by atoms with van der Waals surface area (Å²) in [5.74, 6) is -2.28. The van der Waals surface area contributed by atoms with Gasteiger partial charge in [0.25, 0.3) is 0 Å². The number of hydrogen-bond acceptors (Lipinski definition) is 2. The lowest BCUT2D eigenvalue weighted by Crippen LogP contribution is -2.04. The van der Waals surface area contributed by atoms with Gasteiger partial charge in [0.1, 0.15) is 11.6 Å². The van der Waals surface area contributed by atoms with Crippen molar-refractivity contribution in [3.8, 4) is 0 Å². The first-order chi connectivity index (χ1) is 9.47. The summed E-state index contributed by atoms with van der Waals surface area (Å²) in [5.41, 5.74) is 1.09. The van der Waals surface area contributed by atoms with E-state index in [9.17, 15) is 13.6 Å². The zero-order chi connectivity index (χ0) is 14.7. The smallest absolute Gasteiger partial charge is 0.335 e. The fourth-order valence-electron chi connectivity index (χ4n) is 1.65. The van der Waals surface area contributed by atoms with Crippen LogP contribution in [-0.2, 0) is 6.54 Å². The number of hydrogen-bond donors (Lipinski definition) is 2. The van der Waals surface area contributed by atoms with Gasteiger partial charge < -0.3 is 10.4 Å². The van der Waals surface area contributed by atoms with Crippen molar-refractivity contribution >= 4 is 27.6 Å². The zero-order valence-corrected chi connectivity index (χ0v) is 11.7. The fraction of sp³-hybridized carbons (Fsp3) is 0.0714. The molecule has 0 spiro atoms. The average Bonchev–Trinajstić information content (AvgIpc) is 2.38. The molecule has 0 saturated heterocycles. The standard InChI is InChI=1S/C14H10BrF2NO2/c15-11-5-8(14(19)20)2-4-13(11)18-7-9-1-3-10(16)6-12(9)17/h1-6,18H,7H2,(H,19,20). The molecule has 0 saturated carbocycles. The Bertz CT molecular complexity index is 662. The SMILES string of the molecule is O=C(O)c1ccc(NCc2ccc(F)cc2F)c(Br)c1. The van der Waals surface area contributed by atoms with Crippen molar-refractivity contribution in [3.63, 3.8) is 0 Å². The molecule has 2 N–H and O–H groups in total. The quantitative estimate of drug-likeness (QED) is 0.882. The van der Waals surface area contributed by atoms with Gasteiger partial charge in [-0.1, -0.05) is 6.07 Å². The van der Waals surface area contributed by atoms with Crippen LogP contribution in [0.1, 0.15) is 15.9 Å². The molecule has 0 atom stereocenters. The lowest BCUT2D eigenvalue weighted by atomic mass is 10.2. The largest absolute Gasteiger partial charge is 0.478 e. The number of halogens is 3. The summed E-state index contributed by atoms with van der Waals surface area (Å²) in [6, 6.07) is 7.83. The highest BCUT2D eigenvalue weighted by Crippen LogP contribution is 2.24. The molecule has 2 aromatic carbocycles. The van der Waals surface area contributed by atoms with E-state index >= 15 is 0 Å². The third-order valence-corrected chi connectivity index (χ3v) is 3.36. The molecule has 20 heavy (non-hydrogen) atoms. The second kappa shape index (κ2) is 6.00. The van der Waals surface area contributed by atoms with Gasteiger partial charge in [-0.15, -0.1) is 0 Å².